The zero-order valence-corrected chi connectivity index (χ0v) is 7.91. The molecule has 0 atom stereocenters. The van der Waals surface area contributed by atoms with Gasteiger partial charge < -0.3 is 10.0 Å². The summed E-state index contributed by atoms with van der Waals surface area (Å²) in [7, 11) is -1.92. The first-order valence-corrected chi connectivity index (χ1v) is 4.28. The van der Waals surface area contributed by atoms with E-state index in [0.29, 0.717) is 12.5 Å². The van der Waals surface area contributed by atoms with Gasteiger partial charge in [0.15, 0.2) is 0 Å². The van der Waals surface area contributed by atoms with Crippen LogP contribution in [0.5, 0.6) is 0 Å². The third kappa shape index (κ3) is 2.94. The van der Waals surface area contributed by atoms with E-state index in [-0.39, 0.29) is 11.2 Å². The molecule has 0 spiro atoms. The van der Waals surface area contributed by atoms with Crippen molar-refractivity contribution < 1.29 is 23.2 Å². The summed E-state index contributed by atoms with van der Waals surface area (Å²) in [4.78, 5) is 3.36. The lowest BCUT2D eigenvalue weighted by Gasteiger charge is -2.09. The Morgan fingerprint density at radius 1 is 1.33 bits per heavy atom. The molecule has 0 unspecified atom stereocenters. The molecule has 1 heterocycles. The van der Waals surface area contributed by atoms with Crippen LogP contribution < -0.4 is 5.46 Å². The second-order valence-electron chi connectivity index (χ2n) is 3.00. The number of halogens is 3. The molecule has 3 nitrogen and oxygen atoms in total. The van der Waals surface area contributed by atoms with Crippen LogP contribution in [0.2, 0.25) is 0 Å². The first-order chi connectivity index (χ1) is 6.84. The predicted octanol–water partition coefficient (Wildman–Crippen LogP) is 0.343. The van der Waals surface area contributed by atoms with Gasteiger partial charge in [0.25, 0.3) is 0 Å². The van der Waals surface area contributed by atoms with Crippen LogP contribution in [0.1, 0.15) is 18.3 Å². The van der Waals surface area contributed by atoms with Gasteiger partial charge in [-0.25, -0.2) is 4.98 Å². The van der Waals surface area contributed by atoms with Gasteiger partial charge in [-0.05, 0) is 24.0 Å². The van der Waals surface area contributed by atoms with Gasteiger partial charge in [0.05, 0.1) is 0 Å². The summed E-state index contributed by atoms with van der Waals surface area (Å²) in [5.74, 6) is 0. The highest BCUT2D eigenvalue weighted by atomic mass is 19.4. The largest absolute Gasteiger partial charge is 0.488 e. The Morgan fingerprint density at radius 2 is 1.93 bits per heavy atom. The Morgan fingerprint density at radius 3 is 2.33 bits per heavy atom. The normalized spacial score (nSPS) is 11.6. The van der Waals surface area contributed by atoms with E-state index in [1.54, 1.807) is 6.92 Å². The maximum absolute atomic E-state index is 12.3. The van der Waals surface area contributed by atoms with E-state index >= 15 is 0 Å². The van der Waals surface area contributed by atoms with Crippen molar-refractivity contribution in [3.05, 3.63) is 23.5 Å². The van der Waals surface area contributed by atoms with Crippen LogP contribution in [-0.4, -0.2) is 22.2 Å². The van der Waals surface area contributed by atoms with Crippen molar-refractivity contribution >= 4 is 12.6 Å². The Labute approximate surface area is 84.7 Å². The standard InChI is InChI=1S/C8H9BF3NO2/c1-2-6-3-5(9(14)15)4-7(13-6)8(10,11)12/h3-4,14-15H,2H2,1H3. The van der Waals surface area contributed by atoms with E-state index in [4.69, 9.17) is 10.0 Å². The second kappa shape index (κ2) is 4.20. The number of alkyl halides is 3. The molecule has 1 rings (SSSR count). The number of hydrogen-bond acceptors (Lipinski definition) is 3. The summed E-state index contributed by atoms with van der Waals surface area (Å²) >= 11 is 0. The van der Waals surface area contributed by atoms with Gasteiger partial charge in [-0.2, -0.15) is 13.2 Å². The Hall–Kier alpha value is -1.08. The van der Waals surface area contributed by atoms with Gasteiger partial charge in [-0.1, -0.05) is 6.92 Å². The minimum absolute atomic E-state index is 0.174. The molecule has 0 fully saturated rings. The van der Waals surface area contributed by atoms with E-state index in [1.165, 1.54) is 6.07 Å². The molecule has 15 heavy (non-hydrogen) atoms. The minimum Gasteiger partial charge on any atom is -0.423 e. The van der Waals surface area contributed by atoms with Crippen LogP contribution in [0.25, 0.3) is 0 Å². The maximum Gasteiger partial charge on any atom is 0.488 e. The van der Waals surface area contributed by atoms with Crippen molar-refractivity contribution in [3.8, 4) is 0 Å². The molecular formula is C8H9BF3NO2. The molecule has 0 saturated carbocycles. The van der Waals surface area contributed by atoms with E-state index in [9.17, 15) is 13.2 Å². The zero-order valence-electron chi connectivity index (χ0n) is 7.91. The molecule has 0 amide bonds. The van der Waals surface area contributed by atoms with E-state index in [2.05, 4.69) is 4.98 Å². The Bertz CT molecular complexity index is 354. The summed E-state index contributed by atoms with van der Waals surface area (Å²) in [6.45, 7) is 1.63. The van der Waals surface area contributed by atoms with Crippen LogP contribution >= 0.6 is 0 Å². The van der Waals surface area contributed by atoms with E-state index in [1.807, 2.05) is 0 Å². The van der Waals surface area contributed by atoms with Crippen molar-refractivity contribution in [2.45, 2.75) is 19.5 Å². The van der Waals surface area contributed by atoms with Crippen molar-refractivity contribution in [1.82, 2.24) is 4.98 Å². The maximum atomic E-state index is 12.3. The average Bonchev–Trinajstić information content (AvgIpc) is 2.15. The SMILES string of the molecule is CCc1cc(B(O)O)cc(C(F)(F)F)n1. The van der Waals surface area contributed by atoms with Crippen LogP contribution in [0.3, 0.4) is 0 Å². The summed E-state index contributed by atoms with van der Waals surface area (Å²) in [6, 6.07) is 1.86. The molecule has 1 aromatic heterocycles. The highest BCUT2D eigenvalue weighted by Gasteiger charge is 2.33. The number of hydrogen-bond donors (Lipinski definition) is 2. The molecule has 7 heteroatoms. The molecule has 0 aliphatic heterocycles. The Balaban J connectivity index is 3.23. The summed E-state index contributed by atoms with van der Waals surface area (Å²) in [6.07, 6.45) is -4.28. The van der Waals surface area contributed by atoms with Crippen molar-refractivity contribution in [3.63, 3.8) is 0 Å². The highest BCUT2D eigenvalue weighted by Crippen LogP contribution is 2.27. The Kier molecular flexibility index (Phi) is 3.36. The smallest absolute Gasteiger partial charge is 0.423 e. The summed E-state index contributed by atoms with van der Waals surface area (Å²) < 4.78 is 37.0. The number of aromatic nitrogens is 1. The lowest BCUT2D eigenvalue weighted by atomic mass is 9.80. The zero-order chi connectivity index (χ0) is 11.6. The van der Waals surface area contributed by atoms with Crippen molar-refractivity contribution in [1.29, 1.82) is 0 Å². The lowest BCUT2D eigenvalue weighted by Crippen LogP contribution is -2.32. The van der Waals surface area contributed by atoms with E-state index in [0.717, 1.165) is 0 Å². The molecule has 0 saturated heterocycles. The quantitative estimate of drug-likeness (QED) is 0.705. The first kappa shape index (κ1) is 12.0. The molecule has 0 aliphatic carbocycles. The third-order valence-electron chi connectivity index (χ3n) is 1.85. The lowest BCUT2D eigenvalue weighted by molar-refractivity contribution is -0.141. The van der Waals surface area contributed by atoms with Crippen LogP contribution in [0.4, 0.5) is 13.2 Å². The fraction of sp³-hybridized carbons (Fsp3) is 0.375. The number of rotatable bonds is 2. The van der Waals surface area contributed by atoms with Gasteiger partial charge in [-0.3, -0.25) is 0 Å². The molecule has 0 radical (unpaired) electrons. The number of pyridine rings is 1. The van der Waals surface area contributed by atoms with Gasteiger partial charge in [0, 0.05) is 5.69 Å². The van der Waals surface area contributed by atoms with Gasteiger partial charge in [-0.15, -0.1) is 0 Å². The molecule has 1 aromatic rings. The van der Waals surface area contributed by atoms with E-state index < -0.39 is 19.0 Å². The van der Waals surface area contributed by atoms with Crippen LogP contribution in [-0.2, 0) is 12.6 Å². The van der Waals surface area contributed by atoms with Crippen molar-refractivity contribution in [2.24, 2.45) is 0 Å². The number of nitrogens with zero attached hydrogens (tertiary/aromatic N) is 1. The fourth-order valence-corrected chi connectivity index (χ4v) is 1.09. The average molecular weight is 219 g/mol. The van der Waals surface area contributed by atoms with Gasteiger partial charge >= 0.3 is 13.3 Å². The number of aryl methyl sites for hydroxylation is 1. The summed E-state index contributed by atoms with van der Waals surface area (Å²) in [5.41, 5.74) is -1.13. The minimum atomic E-state index is -4.57. The highest BCUT2D eigenvalue weighted by molar-refractivity contribution is 6.58. The molecule has 2 N–H and O–H groups in total. The fourth-order valence-electron chi connectivity index (χ4n) is 1.09. The monoisotopic (exact) mass is 219 g/mol. The molecule has 0 bridgehead atoms. The molecule has 82 valence electrons. The van der Waals surface area contributed by atoms with Crippen molar-refractivity contribution in [2.75, 3.05) is 0 Å². The second-order valence-corrected chi connectivity index (χ2v) is 3.00. The summed E-state index contributed by atoms with van der Waals surface area (Å²) in [5, 5.41) is 17.6. The first-order valence-electron chi connectivity index (χ1n) is 4.28. The van der Waals surface area contributed by atoms with Gasteiger partial charge in [0.1, 0.15) is 5.69 Å². The van der Waals surface area contributed by atoms with Crippen LogP contribution in [0, 0.1) is 0 Å². The van der Waals surface area contributed by atoms with Gasteiger partial charge in [0.2, 0.25) is 0 Å². The molecule has 0 aromatic carbocycles. The molecule has 0 aliphatic rings. The topological polar surface area (TPSA) is 53.4 Å². The predicted molar refractivity (Wildman–Crippen MR) is 48.4 cm³/mol. The third-order valence-corrected chi connectivity index (χ3v) is 1.85. The van der Waals surface area contributed by atoms with Crippen LogP contribution in [0.15, 0.2) is 12.1 Å². The molecular weight excluding hydrogens is 210 g/mol.